The summed E-state index contributed by atoms with van der Waals surface area (Å²) >= 11 is 3.59. The maximum atomic E-state index is 6.32. The van der Waals surface area contributed by atoms with E-state index in [0.29, 0.717) is 0 Å². The van der Waals surface area contributed by atoms with Gasteiger partial charge in [0, 0.05) is 17.1 Å². The molecule has 0 aliphatic heterocycles. The van der Waals surface area contributed by atoms with Crippen LogP contribution in [-0.2, 0) is 0 Å². The maximum absolute atomic E-state index is 6.32. The Morgan fingerprint density at radius 2 is 1.95 bits per heavy atom. The Labute approximate surface area is 131 Å². The minimum atomic E-state index is 0.124. The molecular formula is C17H27BrN2. The predicted octanol–water partition coefficient (Wildman–Crippen LogP) is 4.35. The van der Waals surface area contributed by atoms with Gasteiger partial charge in [-0.15, -0.1) is 0 Å². The van der Waals surface area contributed by atoms with E-state index in [0.717, 1.165) is 23.4 Å². The Morgan fingerprint density at radius 3 is 2.65 bits per heavy atom. The molecule has 0 amide bonds. The van der Waals surface area contributed by atoms with Crippen LogP contribution in [0.15, 0.2) is 28.7 Å². The molecule has 2 N–H and O–H groups in total. The Morgan fingerprint density at radius 1 is 1.25 bits per heavy atom. The van der Waals surface area contributed by atoms with Crippen molar-refractivity contribution >= 4 is 15.9 Å². The van der Waals surface area contributed by atoms with E-state index < -0.39 is 0 Å². The average molecular weight is 339 g/mol. The summed E-state index contributed by atoms with van der Waals surface area (Å²) in [5.74, 6) is 0.911. The van der Waals surface area contributed by atoms with Gasteiger partial charge in [0.25, 0.3) is 0 Å². The van der Waals surface area contributed by atoms with Crippen molar-refractivity contribution in [1.82, 2.24) is 4.90 Å². The van der Waals surface area contributed by atoms with Crippen LogP contribution in [-0.4, -0.2) is 25.0 Å². The van der Waals surface area contributed by atoms with Crippen molar-refractivity contribution in [2.24, 2.45) is 11.7 Å². The van der Waals surface area contributed by atoms with Crippen LogP contribution in [0.4, 0.5) is 0 Å². The molecule has 20 heavy (non-hydrogen) atoms. The summed E-state index contributed by atoms with van der Waals surface area (Å²) in [6.07, 6.45) is 8.14. The lowest BCUT2D eigenvalue weighted by atomic mass is 9.89. The van der Waals surface area contributed by atoms with Crippen molar-refractivity contribution in [3.63, 3.8) is 0 Å². The number of nitrogens with two attached hydrogens (primary N) is 1. The van der Waals surface area contributed by atoms with Crippen LogP contribution in [0.3, 0.4) is 0 Å². The lowest BCUT2D eigenvalue weighted by molar-refractivity contribution is 0.228. The van der Waals surface area contributed by atoms with Crippen LogP contribution < -0.4 is 5.73 Å². The molecule has 1 atom stereocenters. The molecule has 0 aromatic heterocycles. The summed E-state index contributed by atoms with van der Waals surface area (Å²) in [5.41, 5.74) is 7.54. The summed E-state index contributed by atoms with van der Waals surface area (Å²) in [4.78, 5) is 2.46. The van der Waals surface area contributed by atoms with E-state index in [1.54, 1.807) is 0 Å². The summed E-state index contributed by atoms with van der Waals surface area (Å²) in [6, 6.07) is 8.41. The predicted molar refractivity (Wildman–Crippen MR) is 89.8 cm³/mol. The third-order valence-corrected chi connectivity index (χ3v) is 5.14. The Kier molecular flexibility index (Phi) is 6.53. The highest BCUT2D eigenvalue weighted by Crippen LogP contribution is 2.26. The first-order valence-corrected chi connectivity index (χ1v) is 8.64. The number of nitrogens with zero attached hydrogens (tertiary/aromatic N) is 1. The SMILES string of the molecule is CN(CCC(N)c1ccccc1Br)CC1CCCCC1. The van der Waals surface area contributed by atoms with Gasteiger partial charge in [-0.25, -0.2) is 0 Å². The first kappa shape index (κ1) is 16.0. The highest BCUT2D eigenvalue weighted by Gasteiger charge is 2.16. The van der Waals surface area contributed by atoms with Gasteiger partial charge >= 0.3 is 0 Å². The third kappa shape index (κ3) is 4.87. The number of benzene rings is 1. The van der Waals surface area contributed by atoms with Crippen LogP contribution in [0.5, 0.6) is 0 Å². The number of hydrogen-bond acceptors (Lipinski definition) is 2. The van der Waals surface area contributed by atoms with Gasteiger partial charge in [-0.3, -0.25) is 0 Å². The van der Waals surface area contributed by atoms with Crippen LogP contribution in [0.2, 0.25) is 0 Å². The van der Waals surface area contributed by atoms with Crippen molar-refractivity contribution in [1.29, 1.82) is 0 Å². The standard InChI is InChI=1S/C17H27BrN2/c1-20(13-14-7-3-2-4-8-14)12-11-17(19)15-9-5-6-10-16(15)18/h5-6,9-10,14,17H,2-4,7-8,11-13,19H2,1H3. The van der Waals surface area contributed by atoms with Crippen molar-refractivity contribution < 1.29 is 0 Å². The normalized spacial score (nSPS) is 18.4. The number of halogens is 1. The van der Waals surface area contributed by atoms with Crippen LogP contribution in [0.1, 0.15) is 50.1 Å². The second-order valence-corrected chi connectivity index (χ2v) is 7.04. The molecule has 1 aliphatic rings. The second kappa shape index (κ2) is 8.16. The molecule has 3 heteroatoms. The van der Waals surface area contributed by atoms with Crippen molar-refractivity contribution in [3.05, 3.63) is 34.3 Å². The molecule has 1 unspecified atom stereocenters. The van der Waals surface area contributed by atoms with E-state index in [9.17, 15) is 0 Å². The van der Waals surface area contributed by atoms with Gasteiger partial charge in [-0.1, -0.05) is 53.4 Å². The van der Waals surface area contributed by atoms with E-state index in [-0.39, 0.29) is 6.04 Å². The van der Waals surface area contributed by atoms with E-state index in [1.807, 2.05) is 6.07 Å². The largest absolute Gasteiger partial charge is 0.324 e. The summed E-state index contributed by atoms with van der Waals surface area (Å²) in [5, 5.41) is 0. The van der Waals surface area contributed by atoms with Gasteiger partial charge in [0.2, 0.25) is 0 Å². The first-order valence-electron chi connectivity index (χ1n) is 7.85. The Bertz CT molecular complexity index is 402. The Hall–Kier alpha value is -0.380. The van der Waals surface area contributed by atoms with Crippen molar-refractivity contribution in [3.8, 4) is 0 Å². The van der Waals surface area contributed by atoms with Gasteiger partial charge in [0.15, 0.2) is 0 Å². The fraction of sp³-hybridized carbons (Fsp3) is 0.647. The molecule has 0 radical (unpaired) electrons. The Balaban J connectivity index is 1.75. The van der Waals surface area contributed by atoms with E-state index in [2.05, 4.69) is 46.1 Å². The molecule has 1 aromatic rings. The number of rotatable bonds is 6. The summed E-state index contributed by atoms with van der Waals surface area (Å²) < 4.78 is 1.13. The van der Waals surface area contributed by atoms with E-state index in [4.69, 9.17) is 5.73 Å². The monoisotopic (exact) mass is 338 g/mol. The van der Waals surface area contributed by atoms with Crippen molar-refractivity contribution in [2.75, 3.05) is 20.1 Å². The summed E-state index contributed by atoms with van der Waals surface area (Å²) in [7, 11) is 2.24. The van der Waals surface area contributed by atoms with Crippen LogP contribution >= 0.6 is 15.9 Å². The molecule has 1 aromatic carbocycles. The van der Waals surface area contributed by atoms with Crippen LogP contribution in [0, 0.1) is 5.92 Å². The highest BCUT2D eigenvalue weighted by atomic mass is 79.9. The minimum Gasteiger partial charge on any atom is -0.324 e. The zero-order valence-corrected chi connectivity index (χ0v) is 14.1. The van der Waals surface area contributed by atoms with E-state index in [1.165, 1.54) is 44.2 Å². The highest BCUT2D eigenvalue weighted by molar-refractivity contribution is 9.10. The molecular weight excluding hydrogens is 312 g/mol. The molecule has 2 rings (SSSR count). The maximum Gasteiger partial charge on any atom is 0.0318 e. The van der Waals surface area contributed by atoms with Crippen LogP contribution in [0.25, 0.3) is 0 Å². The first-order chi connectivity index (χ1) is 9.66. The molecule has 1 aliphatic carbocycles. The molecule has 2 nitrogen and oxygen atoms in total. The average Bonchev–Trinajstić information content (AvgIpc) is 2.46. The van der Waals surface area contributed by atoms with Crippen molar-refractivity contribution in [2.45, 2.75) is 44.6 Å². The topological polar surface area (TPSA) is 29.3 Å². The molecule has 1 saturated carbocycles. The second-order valence-electron chi connectivity index (χ2n) is 6.18. The molecule has 0 bridgehead atoms. The fourth-order valence-electron chi connectivity index (χ4n) is 3.19. The number of hydrogen-bond donors (Lipinski definition) is 1. The van der Waals surface area contributed by atoms with Gasteiger partial charge in [-0.2, -0.15) is 0 Å². The van der Waals surface area contributed by atoms with Gasteiger partial charge < -0.3 is 10.6 Å². The summed E-state index contributed by atoms with van der Waals surface area (Å²) in [6.45, 7) is 2.32. The molecule has 0 heterocycles. The molecule has 0 spiro atoms. The lowest BCUT2D eigenvalue weighted by Gasteiger charge is -2.27. The third-order valence-electron chi connectivity index (χ3n) is 4.42. The molecule has 0 saturated heterocycles. The van der Waals surface area contributed by atoms with E-state index >= 15 is 0 Å². The van der Waals surface area contributed by atoms with Gasteiger partial charge in [0.05, 0.1) is 0 Å². The molecule has 1 fully saturated rings. The van der Waals surface area contributed by atoms with Gasteiger partial charge in [0.1, 0.15) is 0 Å². The molecule has 112 valence electrons. The minimum absolute atomic E-state index is 0.124. The van der Waals surface area contributed by atoms with Gasteiger partial charge in [-0.05, 0) is 50.4 Å². The zero-order valence-electron chi connectivity index (χ0n) is 12.5. The lowest BCUT2D eigenvalue weighted by Crippen LogP contribution is -2.29. The zero-order chi connectivity index (χ0) is 14.4. The smallest absolute Gasteiger partial charge is 0.0318 e. The fourth-order valence-corrected chi connectivity index (χ4v) is 3.77. The quantitative estimate of drug-likeness (QED) is 0.835.